The molecule has 1 amide bonds. The molecule has 0 aliphatic carbocycles. The van der Waals surface area contributed by atoms with Crippen molar-refractivity contribution < 1.29 is 15.0 Å². The van der Waals surface area contributed by atoms with Gasteiger partial charge in [-0.1, -0.05) is 6.07 Å². The Hall–Kier alpha value is -2.54. The fraction of sp³-hybridized carbons (Fsp3) is 0.286. The van der Waals surface area contributed by atoms with E-state index in [0.717, 1.165) is 5.56 Å². The van der Waals surface area contributed by atoms with Crippen molar-refractivity contribution in [3.63, 3.8) is 0 Å². The Morgan fingerprint density at radius 2 is 2.14 bits per heavy atom. The van der Waals surface area contributed by atoms with E-state index in [1.165, 1.54) is 17.0 Å². The predicted molar refractivity (Wildman–Crippen MR) is 76.5 cm³/mol. The molecule has 21 heavy (non-hydrogen) atoms. The van der Waals surface area contributed by atoms with Gasteiger partial charge in [-0.25, -0.2) is 0 Å². The zero-order valence-electron chi connectivity index (χ0n) is 11.7. The van der Waals surface area contributed by atoms with Gasteiger partial charge < -0.3 is 20.8 Å². The van der Waals surface area contributed by atoms with E-state index in [9.17, 15) is 15.0 Å². The van der Waals surface area contributed by atoms with E-state index in [1.807, 2.05) is 0 Å². The van der Waals surface area contributed by atoms with Crippen LogP contribution in [-0.4, -0.2) is 44.3 Å². The number of aromatic nitrogens is 2. The largest absolute Gasteiger partial charge is 0.504 e. The fourth-order valence-corrected chi connectivity index (χ4v) is 2.04. The normalized spacial score (nSPS) is 12.1. The van der Waals surface area contributed by atoms with Crippen LogP contribution in [0.1, 0.15) is 11.1 Å². The van der Waals surface area contributed by atoms with Gasteiger partial charge in [0.2, 0.25) is 5.91 Å². The Bertz CT molecular complexity index is 613. The second-order valence-corrected chi connectivity index (χ2v) is 4.93. The zero-order chi connectivity index (χ0) is 15.4. The van der Waals surface area contributed by atoms with Crippen LogP contribution >= 0.6 is 0 Å². The lowest BCUT2D eigenvalue weighted by Crippen LogP contribution is -2.42. The number of phenols is 2. The van der Waals surface area contributed by atoms with E-state index in [2.05, 4.69) is 10.2 Å². The molecule has 1 aromatic heterocycles. The zero-order valence-corrected chi connectivity index (χ0v) is 11.7. The minimum atomic E-state index is -0.717. The lowest BCUT2D eigenvalue weighted by atomic mass is 10.0. The first-order chi connectivity index (χ1) is 9.97. The number of nitrogens with two attached hydrogens (primary N) is 1. The maximum atomic E-state index is 12.2. The van der Waals surface area contributed by atoms with Crippen LogP contribution < -0.4 is 5.73 Å². The number of rotatable bonds is 5. The molecular formula is C14H18N4O3. The molecule has 1 atom stereocenters. The summed E-state index contributed by atoms with van der Waals surface area (Å²) >= 11 is 0. The Morgan fingerprint density at radius 3 is 2.76 bits per heavy atom. The molecule has 0 bridgehead atoms. The highest BCUT2D eigenvalue weighted by atomic mass is 16.3. The summed E-state index contributed by atoms with van der Waals surface area (Å²) in [5.74, 6) is -0.626. The molecule has 5 N–H and O–H groups in total. The molecule has 0 saturated carbocycles. The van der Waals surface area contributed by atoms with E-state index < -0.39 is 6.04 Å². The van der Waals surface area contributed by atoms with Crippen LogP contribution in [0.2, 0.25) is 0 Å². The molecule has 7 nitrogen and oxygen atoms in total. The van der Waals surface area contributed by atoms with Crippen molar-refractivity contribution >= 4 is 5.91 Å². The molecule has 0 aliphatic heterocycles. The summed E-state index contributed by atoms with van der Waals surface area (Å²) in [7, 11) is 1.67. The average Bonchev–Trinajstić information content (AvgIpc) is 2.94. The van der Waals surface area contributed by atoms with Crippen molar-refractivity contribution in [2.75, 3.05) is 7.05 Å². The molecule has 7 heteroatoms. The van der Waals surface area contributed by atoms with E-state index in [-0.39, 0.29) is 23.8 Å². The molecule has 0 fully saturated rings. The van der Waals surface area contributed by atoms with Gasteiger partial charge in [0.15, 0.2) is 11.5 Å². The summed E-state index contributed by atoms with van der Waals surface area (Å²) in [5.41, 5.74) is 7.48. The van der Waals surface area contributed by atoms with Crippen molar-refractivity contribution in [2.45, 2.75) is 19.0 Å². The van der Waals surface area contributed by atoms with Gasteiger partial charge in [0.05, 0.1) is 12.2 Å². The minimum absolute atomic E-state index is 0.198. The summed E-state index contributed by atoms with van der Waals surface area (Å²) in [6.45, 7) is 0.420. The van der Waals surface area contributed by atoms with Crippen LogP contribution in [0.5, 0.6) is 11.5 Å². The first-order valence-electron chi connectivity index (χ1n) is 6.46. The molecule has 112 valence electrons. The molecule has 0 saturated heterocycles. The molecule has 2 aromatic rings. The predicted octanol–water partition coefficient (Wildman–Crippen LogP) is 0.349. The summed E-state index contributed by atoms with van der Waals surface area (Å²) in [5, 5.41) is 25.2. The number of hydrogen-bond acceptors (Lipinski definition) is 5. The van der Waals surface area contributed by atoms with Crippen LogP contribution in [0.3, 0.4) is 0 Å². The van der Waals surface area contributed by atoms with Gasteiger partial charge in [0.1, 0.15) is 0 Å². The minimum Gasteiger partial charge on any atom is -0.504 e. The molecule has 1 aromatic carbocycles. The summed E-state index contributed by atoms with van der Waals surface area (Å²) in [6, 6.07) is 3.68. The monoisotopic (exact) mass is 290 g/mol. The van der Waals surface area contributed by atoms with Crippen LogP contribution in [-0.2, 0) is 17.8 Å². The highest BCUT2D eigenvalue weighted by Crippen LogP contribution is 2.25. The molecule has 0 unspecified atom stereocenters. The number of carbonyl (C=O) groups excluding carboxylic acids is 1. The van der Waals surface area contributed by atoms with Crippen LogP contribution in [0.15, 0.2) is 30.6 Å². The Morgan fingerprint density at radius 1 is 1.38 bits per heavy atom. The number of H-pyrrole nitrogens is 1. The summed E-state index contributed by atoms with van der Waals surface area (Å²) in [4.78, 5) is 13.7. The Labute approximate surface area is 122 Å². The number of aromatic amines is 1. The number of hydrogen-bond donors (Lipinski definition) is 4. The number of likely N-dealkylation sites (N-methyl/N-ethyl adjacent to an activating group) is 1. The fourth-order valence-electron chi connectivity index (χ4n) is 2.04. The number of phenolic OH excluding ortho intramolecular Hbond substituents is 2. The van der Waals surface area contributed by atoms with Crippen LogP contribution in [0.25, 0.3) is 0 Å². The SMILES string of the molecule is CN(Cc1cn[nH]c1)C(=O)[C@@H](N)Cc1ccc(O)c(O)c1. The van der Waals surface area contributed by atoms with Crippen molar-refractivity contribution in [3.05, 3.63) is 41.7 Å². The van der Waals surface area contributed by atoms with Gasteiger partial charge in [0.25, 0.3) is 0 Å². The van der Waals surface area contributed by atoms with E-state index in [0.29, 0.717) is 12.1 Å². The van der Waals surface area contributed by atoms with Crippen molar-refractivity contribution in [2.24, 2.45) is 5.73 Å². The molecule has 0 spiro atoms. The second-order valence-electron chi connectivity index (χ2n) is 4.93. The maximum absolute atomic E-state index is 12.2. The van der Waals surface area contributed by atoms with Gasteiger partial charge >= 0.3 is 0 Å². The highest BCUT2D eigenvalue weighted by Gasteiger charge is 2.19. The third-order valence-corrected chi connectivity index (χ3v) is 3.16. The smallest absolute Gasteiger partial charge is 0.239 e. The third kappa shape index (κ3) is 3.73. The van der Waals surface area contributed by atoms with Gasteiger partial charge in [-0.2, -0.15) is 5.10 Å². The summed E-state index contributed by atoms with van der Waals surface area (Å²) in [6.07, 6.45) is 3.64. The van der Waals surface area contributed by atoms with Gasteiger partial charge in [-0.3, -0.25) is 9.89 Å². The molecule has 0 aliphatic rings. The number of nitrogens with zero attached hydrogens (tertiary/aromatic N) is 2. The van der Waals surface area contributed by atoms with Gasteiger partial charge in [-0.15, -0.1) is 0 Å². The molecular weight excluding hydrogens is 272 g/mol. The number of benzene rings is 1. The number of aromatic hydroxyl groups is 2. The maximum Gasteiger partial charge on any atom is 0.239 e. The van der Waals surface area contributed by atoms with E-state index >= 15 is 0 Å². The lowest BCUT2D eigenvalue weighted by molar-refractivity contribution is -0.131. The number of amides is 1. The van der Waals surface area contributed by atoms with Crippen molar-refractivity contribution in [1.82, 2.24) is 15.1 Å². The molecule has 1 heterocycles. The molecule has 2 rings (SSSR count). The van der Waals surface area contributed by atoms with Gasteiger partial charge in [-0.05, 0) is 24.1 Å². The van der Waals surface area contributed by atoms with Crippen LogP contribution in [0.4, 0.5) is 0 Å². The second kappa shape index (κ2) is 6.27. The first-order valence-corrected chi connectivity index (χ1v) is 6.46. The Kier molecular flexibility index (Phi) is 4.44. The third-order valence-electron chi connectivity index (χ3n) is 3.16. The van der Waals surface area contributed by atoms with Crippen molar-refractivity contribution in [3.8, 4) is 11.5 Å². The Balaban J connectivity index is 1.96. The number of nitrogens with one attached hydrogen (secondary N) is 1. The summed E-state index contributed by atoms with van der Waals surface area (Å²) < 4.78 is 0. The number of carbonyl (C=O) groups is 1. The quantitative estimate of drug-likeness (QED) is 0.593. The van der Waals surface area contributed by atoms with E-state index in [1.54, 1.807) is 25.5 Å². The van der Waals surface area contributed by atoms with Crippen LogP contribution in [0, 0.1) is 0 Å². The highest BCUT2D eigenvalue weighted by molar-refractivity contribution is 5.81. The topological polar surface area (TPSA) is 115 Å². The molecule has 0 radical (unpaired) electrons. The van der Waals surface area contributed by atoms with Gasteiger partial charge in [0, 0.05) is 25.4 Å². The lowest BCUT2D eigenvalue weighted by Gasteiger charge is -2.20. The van der Waals surface area contributed by atoms with E-state index in [4.69, 9.17) is 5.73 Å². The average molecular weight is 290 g/mol. The first kappa shape index (κ1) is 14.9. The standard InChI is InChI=1S/C14H18N4O3/c1-18(8-10-6-16-17-7-10)14(21)11(15)4-9-2-3-12(19)13(20)5-9/h2-3,5-7,11,19-20H,4,8,15H2,1H3,(H,16,17)/t11-/m0/s1. The van der Waals surface area contributed by atoms with Crippen molar-refractivity contribution in [1.29, 1.82) is 0 Å².